The second kappa shape index (κ2) is 7.11. The number of carbonyl (C=O) groups is 1. The van der Waals surface area contributed by atoms with Crippen molar-refractivity contribution in [3.8, 4) is 5.75 Å². The molecule has 2 aromatic carbocycles. The number of aromatic hydroxyl groups is 1. The number of para-hydroxylation sites is 1. The van der Waals surface area contributed by atoms with E-state index in [4.69, 9.17) is 0 Å². The number of aryl methyl sites for hydroxylation is 1. The quantitative estimate of drug-likeness (QED) is 0.693. The van der Waals surface area contributed by atoms with Crippen molar-refractivity contribution < 1.29 is 18.7 Å². The molecule has 0 fully saturated rings. The molecule has 1 aliphatic heterocycles. The number of nitrogens with zero attached hydrogens (tertiary/aromatic N) is 1. The molecule has 3 aromatic rings. The lowest BCUT2D eigenvalue weighted by molar-refractivity contribution is 0.0765. The Morgan fingerprint density at radius 3 is 2.79 bits per heavy atom. The molecule has 0 unspecified atom stereocenters. The van der Waals surface area contributed by atoms with Crippen LogP contribution < -0.4 is 0 Å². The van der Waals surface area contributed by atoms with Crippen LogP contribution in [0.3, 0.4) is 0 Å². The van der Waals surface area contributed by atoms with Gasteiger partial charge < -0.3 is 15.0 Å². The van der Waals surface area contributed by atoms with Gasteiger partial charge in [0.25, 0.3) is 5.91 Å². The second-order valence-corrected chi connectivity index (χ2v) is 6.91. The largest absolute Gasteiger partial charge is 0.507 e. The number of phenolic OH excluding ortho intramolecular Hbond substituents is 1. The van der Waals surface area contributed by atoms with Gasteiger partial charge in [-0.05, 0) is 24.0 Å². The van der Waals surface area contributed by atoms with Crippen LogP contribution in [0.15, 0.2) is 42.6 Å². The van der Waals surface area contributed by atoms with E-state index in [9.17, 15) is 18.7 Å². The normalized spacial score (nSPS) is 14.4. The number of H-pyrrole nitrogens is 1. The highest BCUT2D eigenvalue weighted by molar-refractivity contribution is 5.98. The van der Waals surface area contributed by atoms with Gasteiger partial charge in [-0.15, -0.1) is 0 Å². The van der Waals surface area contributed by atoms with Crippen LogP contribution in [-0.2, 0) is 6.42 Å². The summed E-state index contributed by atoms with van der Waals surface area (Å²) in [5.74, 6) is -3.29. The Kier molecular flexibility index (Phi) is 4.63. The van der Waals surface area contributed by atoms with E-state index in [1.165, 1.54) is 10.5 Å². The standard InChI is InChI=1S/C22H20F2N2O2/c1-2-13-4-3-5-16-17(12-25-21(13)16)14-6-8-26(9-7-14)22(28)20-18(24)10-15(23)11-19(20)27/h3-6,10-12,25,27H,2,7-9H2,1H3. The first-order valence-corrected chi connectivity index (χ1v) is 9.25. The number of benzene rings is 2. The van der Waals surface area contributed by atoms with Gasteiger partial charge in [-0.1, -0.05) is 31.2 Å². The number of nitrogens with one attached hydrogen (secondary N) is 1. The molecule has 0 aliphatic carbocycles. The Hall–Kier alpha value is -3.15. The molecule has 0 atom stereocenters. The fraction of sp³-hybridized carbons (Fsp3) is 0.227. The number of hydrogen-bond acceptors (Lipinski definition) is 2. The van der Waals surface area contributed by atoms with Crippen molar-refractivity contribution in [2.75, 3.05) is 13.1 Å². The molecule has 2 heterocycles. The predicted molar refractivity (Wildman–Crippen MR) is 104 cm³/mol. The third-order valence-electron chi connectivity index (χ3n) is 5.27. The van der Waals surface area contributed by atoms with Gasteiger partial charge in [0.05, 0.1) is 0 Å². The van der Waals surface area contributed by atoms with Crippen LogP contribution in [0.1, 0.15) is 34.8 Å². The first-order valence-electron chi connectivity index (χ1n) is 9.25. The summed E-state index contributed by atoms with van der Waals surface area (Å²) < 4.78 is 27.2. The van der Waals surface area contributed by atoms with Crippen LogP contribution in [0.25, 0.3) is 16.5 Å². The zero-order chi connectivity index (χ0) is 19.8. The van der Waals surface area contributed by atoms with E-state index < -0.39 is 28.9 Å². The highest BCUT2D eigenvalue weighted by atomic mass is 19.1. The molecule has 28 heavy (non-hydrogen) atoms. The van der Waals surface area contributed by atoms with Gasteiger partial charge in [0.2, 0.25) is 0 Å². The van der Waals surface area contributed by atoms with Gasteiger partial charge in [-0.3, -0.25) is 4.79 Å². The maximum Gasteiger partial charge on any atom is 0.260 e. The molecule has 0 radical (unpaired) electrons. The molecule has 0 bridgehead atoms. The number of fused-ring (bicyclic) bond motifs is 1. The summed E-state index contributed by atoms with van der Waals surface area (Å²) in [7, 11) is 0. The number of phenols is 1. The van der Waals surface area contributed by atoms with Crippen molar-refractivity contribution in [1.29, 1.82) is 0 Å². The van der Waals surface area contributed by atoms with Gasteiger partial charge in [0, 0.05) is 47.9 Å². The molecule has 0 saturated heterocycles. The SMILES string of the molecule is CCc1cccc2c(C3=CCN(C(=O)c4c(O)cc(F)cc4F)CC3)c[nH]c12. The van der Waals surface area contributed by atoms with Crippen molar-refractivity contribution in [1.82, 2.24) is 9.88 Å². The maximum absolute atomic E-state index is 14.0. The van der Waals surface area contributed by atoms with Crippen LogP contribution in [0, 0.1) is 11.6 Å². The van der Waals surface area contributed by atoms with E-state index in [2.05, 4.69) is 24.0 Å². The Bertz CT molecular complexity index is 1080. The van der Waals surface area contributed by atoms with Crippen molar-refractivity contribution >= 4 is 22.4 Å². The summed E-state index contributed by atoms with van der Waals surface area (Å²) in [6.07, 6.45) is 5.48. The average Bonchev–Trinajstić information content (AvgIpc) is 3.11. The number of carbonyl (C=O) groups excluding carboxylic acids is 1. The van der Waals surface area contributed by atoms with Gasteiger partial charge in [-0.2, -0.15) is 0 Å². The summed E-state index contributed by atoms with van der Waals surface area (Å²) in [6, 6.07) is 7.57. The third-order valence-corrected chi connectivity index (χ3v) is 5.27. The smallest absolute Gasteiger partial charge is 0.260 e. The van der Waals surface area contributed by atoms with Crippen molar-refractivity contribution in [3.05, 3.63) is 70.9 Å². The number of hydrogen-bond donors (Lipinski definition) is 2. The van der Waals surface area contributed by atoms with Gasteiger partial charge in [0.15, 0.2) is 0 Å². The Morgan fingerprint density at radius 1 is 1.29 bits per heavy atom. The number of aromatic amines is 1. The topological polar surface area (TPSA) is 56.3 Å². The lowest BCUT2D eigenvalue weighted by Crippen LogP contribution is -2.35. The van der Waals surface area contributed by atoms with Crippen LogP contribution in [-0.4, -0.2) is 34.0 Å². The number of halogens is 2. The third kappa shape index (κ3) is 3.05. The van der Waals surface area contributed by atoms with Crippen molar-refractivity contribution in [3.63, 3.8) is 0 Å². The van der Waals surface area contributed by atoms with Crippen LogP contribution >= 0.6 is 0 Å². The Morgan fingerprint density at radius 2 is 2.11 bits per heavy atom. The molecular formula is C22H20F2N2O2. The molecule has 4 rings (SSSR count). The summed E-state index contributed by atoms with van der Waals surface area (Å²) in [4.78, 5) is 17.4. The molecule has 0 saturated carbocycles. The highest BCUT2D eigenvalue weighted by Crippen LogP contribution is 2.32. The zero-order valence-corrected chi connectivity index (χ0v) is 15.4. The minimum Gasteiger partial charge on any atom is -0.507 e. The fourth-order valence-corrected chi connectivity index (χ4v) is 3.81. The van der Waals surface area contributed by atoms with Crippen LogP contribution in [0.4, 0.5) is 8.78 Å². The van der Waals surface area contributed by atoms with Gasteiger partial charge in [0.1, 0.15) is 22.9 Å². The maximum atomic E-state index is 14.0. The molecule has 4 nitrogen and oxygen atoms in total. The van der Waals surface area contributed by atoms with E-state index >= 15 is 0 Å². The summed E-state index contributed by atoms with van der Waals surface area (Å²) in [6.45, 7) is 2.80. The molecule has 0 spiro atoms. The van der Waals surface area contributed by atoms with Gasteiger partial charge >= 0.3 is 0 Å². The van der Waals surface area contributed by atoms with E-state index in [1.807, 2.05) is 18.3 Å². The number of amides is 1. The molecular weight excluding hydrogens is 362 g/mol. The van der Waals surface area contributed by atoms with Crippen molar-refractivity contribution in [2.45, 2.75) is 19.8 Å². The lowest BCUT2D eigenvalue weighted by atomic mass is 9.97. The van der Waals surface area contributed by atoms with E-state index in [0.717, 1.165) is 34.5 Å². The molecule has 2 N–H and O–H groups in total. The predicted octanol–water partition coefficient (Wildman–Crippen LogP) is 4.64. The minimum atomic E-state index is -1.05. The Balaban J connectivity index is 1.60. The molecule has 144 valence electrons. The molecule has 1 aliphatic rings. The first kappa shape index (κ1) is 18.2. The highest BCUT2D eigenvalue weighted by Gasteiger charge is 2.26. The molecule has 1 aromatic heterocycles. The fourth-order valence-electron chi connectivity index (χ4n) is 3.81. The zero-order valence-electron chi connectivity index (χ0n) is 15.4. The minimum absolute atomic E-state index is 0.296. The average molecular weight is 382 g/mol. The van der Waals surface area contributed by atoms with Crippen molar-refractivity contribution in [2.24, 2.45) is 0 Å². The van der Waals surface area contributed by atoms with Crippen LogP contribution in [0.5, 0.6) is 5.75 Å². The van der Waals surface area contributed by atoms with E-state index in [1.54, 1.807) is 0 Å². The van der Waals surface area contributed by atoms with E-state index in [-0.39, 0.29) is 0 Å². The molecule has 6 heteroatoms. The number of rotatable bonds is 3. The van der Waals surface area contributed by atoms with Crippen LogP contribution in [0.2, 0.25) is 0 Å². The first-order chi connectivity index (χ1) is 13.5. The summed E-state index contributed by atoms with van der Waals surface area (Å²) in [5.41, 5.74) is 4.11. The second-order valence-electron chi connectivity index (χ2n) is 6.91. The number of aromatic nitrogens is 1. The van der Waals surface area contributed by atoms with Gasteiger partial charge in [-0.25, -0.2) is 8.78 Å². The Labute approximate surface area is 161 Å². The monoisotopic (exact) mass is 382 g/mol. The van der Waals surface area contributed by atoms with E-state index in [0.29, 0.717) is 25.6 Å². The molecule has 1 amide bonds. The summed E-state index contributed by atoms with van der Waals surface area (Å²) >= 11 is 0. The summed E-state index contributed by atoms with van der Waals surface area (Å²) in [5, 5.41) is 10.9. The lowest BCUT2D eigenvalue weighted by Gasteiger charge is -2.27.